The monoisotopic (exact) mass is 509 g/mol. The lowest BCUT2D eigenvalue weighted by Gasteiger charge is -2.15. The number of hydrogen-bond acceptors (Lipinski definition) is 4. The first-order chi connectivity index (χ1) is 13.8. The van der Waals surface area contributed by atoms with Gasteiger partial charge in [-0.15, -0.1) is 24.0 Å². The smallest absolute Gasteiger partial charge is 0.188 e. The molecule has 1 aromatic heterocycles. The lowest BCUT2D eigenvalue weighted by molar-refractivity contribution is 0.238. The van der Waals surface area contributed by atoms with Gasteiger partial charge in [-0.05, 0) is 62.2 Å². The summed E-state index contributed by atoms with van der Waals surface area (Å²) in [5.74, 6) is 1.42. The molecular weight excluding hydrogens is 477 g/mol. The third-order valence-corrected chi connectivity index (χ3v) is 4.89. The van der Waals surface area contributed by atoms with Crippen molar-refractivity contribution in [1.82, 2.24) is 15.2 Å². The normalized spacial score (nSPS) is 14.4. The van der Waals surface area contributed by atoms with Crippen LogP contribution in [0.3, 0.4) is 0 Å². The van der Waals surface area contributed by atoms with Crippen LogP contribution in [0, 0.1) is 0 Å². The van der Waals surface area contributed by atoms with Crippen molar-refractivity contribution >= 4 is 29.9 Å². The lowest BCUT2D eigenvalue weighted by atomic mass is 10.1. The number of pyridine rings is 1. The van der Waals surface area contributed by atoms with Crippen LogP contribution < -0.4 is 15.8 Å². The summed E-state index contributed by atoms with van der Waals surface area (Å²) in [5, 5.41) is 3.17. The van der Waals surface area contributed by atoms with E-state index < -0.39 is 0 Å². The number of nitrogens with two attached hydrogens (primary N) is 1. The van der Waals surface area contributed by atoms with E-state index in [0.717, 1.165) is 44.0 Å². The number of nitrogens with zero attached hydrogens (tertiary/aromatic N) is 3. The van der Waals surface area contributed by atoms with E-state index in [1.165, 1.54) is 31.5 Å². The van der Waals surface area contributed by atoms with Crippen LogP contribution in [0.2, 0.25) is 0 Å². The number of guanidine groups is 1. The number of aliphatic imine (C=N–C) groups is 1. The second-order valence-corrected chi connectivity index (χ2v) is 7.06. The molecule has 1 aliphatic rings. The minimum atomic E-state index is 0. The van der Waals surface area contributed by atoms with E-state index in [0.29, 0.717) is 12.5 Å². The molecule has 158 valence electrons. The third-order valence-electron chi connectivity index (χ3n) is 4.89. The molecular formula is C22H32IN5O. The molecule has 2 heterocycles. The van der Waals surface area contributed by atoms with Crippen molar-refractivity contribution in [2.24, 2.45) is 10.7 Å². The fraction of sp³-hybridized carbons (Fsp3) is 0.455. The summed E-state index contributed by atoms with van der Waals surface area (Å²) in [6, 6.07) is 14.2. The van der Waals surface area contributed by atoms with E-state index in [-0.39, 0.29) is 24.0 Å². The molecule has 1 aromatic carbocycles. The highest BCUT2D eigenvalue weighted by atomic mass is 127. The Morgan fingerprint density at radius 2 is 1.90 bits per heavy atom. The van der Waals surface area contributed by atoms with Gasteiger partial charge in [0.2, 0.25) is 0 Å². The Morgan fingerprint density at radius 3 is 2.62 bits per heavy atom. The molecule has 1 fully saturated rings. The van der Waals surface area contributed by atoms with Gasteiger partial charge >= 0.3 is 0 Å². The number of hydrogen-bond donors (Lipinski definition) is 2. The summed E-state index contributed by atoms with van der Waals surface area (Å²) in [5.41, 5.74) is 8.21. The van der Waals surface area contributed by atoms with E-state index in [2.05, 4.69) is 32.3 Å². The molecule has 3 N–H and O–H groups in total. The van der Waals surface area contributed by atoms with Gasteiger partial charge in [0.25, 0.3) is 0 Å². The van der Waals surface area contributed by atoms with Crippen LogP contribution in [0.15, 0.2) is 53.7 Å². The van der Waals surface area contributed by atoms with Gasteiger partial charge in [0, 0.05) is 37.9 Å². The molecule has 6 nitrogen and oxygen atoms in total. The lowest BCUT2D eigenvalue weighted by Crippen LogP contribution is -2.33. The summed E-state index contributed by atoms with van der Waals surface area (Å²) in [7, 11) is 0. The number of nitrogens with one attached hydrogen (secondary N) is 1. The van der Waals surface area contributed by atoms with Crippen molar-refractivity contribution in [2.75, 3.05) is 39.3 Å². The molecule has 0 radical (unpaired) electrons. The standard InChI is InChI=1S/C22H31N5O.HI/c23-22(26-14-11-20-5-1-2-12-24-20)25-13-10-19-6-8-21(9-7-19)28-18-17-27-15-3-4-16-27;/h1-2,5-9,12H,3-4,10-11,13-18H2,(H3,23,25,26);1H. The van der Waals surface area contributed by atoms with Crippen molar-refractivity contribution in [3.63, 3.8) is 0 Å². The Bertz CT molecular complexity index is 718. The fourth-order valence-electron chi connectivity index (χ4n) is 3.28. The second-order valence-electron chi connectivity index (χ2n) is 7.06. The molecule has 0 unspecified atom stereocenters. The molecule has 7 heteroatoms. The van der Waals surface area contributed by atoms with Crippen LogP contribution in [0.1, 0.15) is 24.1 Å². The summed E-state index contributed by atoms with van der Waals surface area (Å²) in [4.78, 5) is 11.1. The van der Waals surface area contributed by atoms with E-state index in [1.54, 1.807) is 6.20 Å². The number of aromatic nitrogens is 1. The average Bonchev–Trinajstić information content (AvgIpc) is 3.24. The fourth-order valence-corrected chi connectivity index (χ4v) is 3.28. The third kappa shape index (κ3) is 8.99. The number of likely N-dealkylation sites (tertiary alicyclic amines) is 1. The molecule has 0 spiro atoms. The molecule has 1 saturated heterocycles. The van der Waals surface area contributed by atoms with Gasteiger partial charge < -0.3 is 15.8 Å². The first-order valence-electron chi connectivity index (χ1n) is 10.2. The molecule has 0 atom stereocenters. The maximum absolute atomic E-state index is 5.93. The highest BCUT2D eigenvalue weighted by Crippen LogP contribution is 2.13. The number of halogens is 1. The number of ether oxygens (including phenoxy) is 1. The summed E-state index contributed by atoms with van der Waals surface area (Å²) in [6.45, 7) is 5.60. The summed E-state index contributed by atoms with van der Waals surface area (Å²) in [6.07, 6.45) is 6.13. The minimum absolute atomic E-state index is 0. The van der Waals surface area contributed by atoms with Gasteiger partial charge in [0.15, 0.2) is 5.96 Å². The van der Waals surface area contributed by atoms with Gasteiger partial charge in [-0.3, -0.25) is 14.9 Å². The maximum atomic E-state index is 5.93. The van der Waals surface area contributed by atoms with Crippen LogP contribution in [-0.4, -0.2) is 55.2 Å². The van der Waals surface area contributed by atoms with Crippen molar-refractivity contribution in [3.05, 3.63) is 59.9 Å². The van der Waals surface area contributed by atoms with Crippen LogP contribution >= 0.6 is 24.0 Å². The largest absolute Gasteiger partial charge is 0.492 e. The zero-order valence-corrected chi connectivity index (χ0v) is 19.3. The Hall–Kier alpha value is -1.87. The SMILES string of the molecule is I.NC(=NCCc1ccccn1)NCCc1ccc(OCCN2CCCC2)cc1. The first kappa shape index (κ1) is 23.4. The van der Waals surface area contributed by atoms with Crippen molar-refractivity contribution in [2.45, 2.75) is 25.7 Å². The Labute approximate surface area is 191 Å². The summed E-state index contributed by atoms with van der Waals surface area (Å²) < 4.78 is 5.84. The highest BCUT2D eigenvalue weighted by Gasteiger charge is 2.10. The van der Waals surface area contributed by atoms with Gasteiger partial charge in [0.05, 0.1) is 0 Å². The van der Waals surface area contributed by atoms with Crippen LogP contribution in [0.25, 0.3) is 0 Å². The average molecular weight is 509 g/mol. The molecule has 0 bridgehead atoms. The molecule has 29 heavy (non-hydrogen) atoms. The maximum Gasteiger partial charge on any atom is 0.188 e. The first-order valence-corrected chi connectivity index (χ1v) is 10.2. The second kappa shape index (κ2) is 13.4. The predicted molar refractivity (Wildman–Crippen MR) is 129 cm³/mol. The van der Waals surface area contributed by atoms with Crippen molar-refractivity contribution in [3.8, 4) is 5.75 Å². The molecule has 0 amide bonds. The van der Waals surface area contributed by atoms with Crippen LogP contribution in [0.4, 0.5) is 0 Å². The molecule has 0 aliphatic carbocycles. The van der Waals surface area contributed by atoms with E-state index in [4.69, 9.17) is 10.5 Å². The predicted octanol–water partition coefficient (Wildman–Crippen LogP) is 2.86. The van der Waals surface area contributed by atoms with Gasteiger partial charge in [0.1, 0.15) is 12.4 Å². The zero-order chi connectivity index (χ0) is 19.4. The molecule has 0 saturated carbocycles. The topological polar surface area (TPSA) is 75.8 Å². The van der Waals surface area contributed by atoms with Gasteiger partial charge in [-0.2, -0.15) is 0 Å². The van der Waals surface area contributed by atoms with Crippen molar-refractivity contribution < 1.29 is 4.74 Å². The van der Waals surface area contributed by atoms with Crippen molar-refractivity contribution in [1.29, 1.82) is 0 Å². The van der Waals surface area contributed by atoms with Gasteiger partial charge in [-0.25, -0.2) is 0 Å². The molecule has 1 aliphatic heterocycles. The molecule has 3 rings (SSSR count). The Balaban J connectivity index is 0.00000300. The number of rotatable bonds is 10. The van der Waals surface area contributed by atoms with Gasteiger partial charge in [-0.1, -0.05) is 18.2 Å². The Morgan fingerprint density at radius 1 is 1.10 bits per heavy atom. The van der Waals surface area contributed by atoms with E-state index in [9.17, 15) is 0 Å². The van der Waals surface area contributed by atoms with Crippen LogP contribution in [0.5, 0.6) is 5.75 Å². The van der Waals surface area contributed by atoms with Crippen LogP contribution in [-0.2, 0) is 12.8 Å². The molecule has 2 aromatic rings. The van der Waals surface area contributed by atoms with E-state index >= 15 is 0 Å². The highest BCUT2D eigenvalue weighted by molar-refractivity contribution is 14.0. The van der Waals surface area contributed by atoms with E-state index in [1.807, 2.05) is 30.3 Å². The summed E-state index contributed by atoms with van der Waals surface area (Å²) >= 11 is 0. The quantitative estimate of drug-likeness (QED) is 0.293. The zero-order valence-electron chi connectivity index (χ0n) is 16.9. The Kier molecular flexibility index (Phi) is 10.8. The minimum Gasteiger partial charge on any atom is -0.492 e. The number of benzene rings is 1.